The normalized spacial score (nSPS) is 14.7. The molecule has 3 heteroatoms. The molecule has 0 saturated heterocycles. The molecule has 0 aromatic carbocycles. The molecular formula is C12H23BrO2. The van der Waals surface area contributed by atoms with Crippen LogP contribution in [0.25, 0.3) is 0 Å². The van der Waals surface area contributed by atoms with Gasteiger partial charge in [-0.05, 0) is 25.7 Å². The van der Waals surface area contributed by atoms with E-state index in [4.69, 9.17) is 4.74 Å². The van der Waals surface area contributed by atoms with Crippen molar-refractivity contribution >= 4 is 21.9 Å². The number of hydrogen-bond donors (Lipinski definition) is 0. The van der Waals surface area contributed by atoms with Gasteiger partial charge in [0.25, 0.3) is 0 Å². The Hall–Kier alpha value is -0.0500. The molecular weight excluding hydrogens is 256 g/mol. The van der Waals surface area contributed by atoms with Crippen LogP contribution in [0.1, 0.15) is 52.4 Å². The van der Waals surface area contributed by atoms with E-state index in [1.807, 2.05) is 0 Å². The number of halogens is 1. The van der Waals surface area contributed by atoms with Crippen molar-refractivity contribution in [2.24, 2.45) is 5.92 Å². The first-order chi connectivity index (χ1) is 7.15. The Morgan fingerprint density at radius 3 is 2.20 bits per heavy atom. The number of hydrogen-bond acceptors (Lipinski definition) is 2. The van der Waals surface area contributed by atoms with E-state index in [0.717, 1.165) is 25.7 Å². The minimum Gasteiger partial charge on any atom is -0.469 e. The number of methoxy groups -OCH3 is 1. The van der Waals surface area contributed by atoms with E-state index in [1.54, 1.807) is 0 Å². The van der Waals surface area contributed by atoms with Gasteiger partial charge >= 0.3 is 5.97 Å². The van der Waals surface area contributed by atoms with Gasteiger partial charge in [0.15, 0.2) is 0 Å². The summed E-state index contributed by atoms with van der Waals surface area (Å²) in [5.41, 5.74) is 0. The second kappa shape index (κ2) is 9.20. The Bertz CT molecular complexity index is 171. The van der Waals surface area contributed by atoms with Crippen molar-refractivity contribution in [3.63, 3.8) is 0 Å². The third kappa shape index (κ3) is 6.93. The SMILES string of the molecule is CCCC(Br)CCC(CCC)C(=O)OC. The molecule has 0 aliphatic carbocycles. The highest BCUT2D eigenvalue weighted by molar-refractivity contribution is 9.09. The summed E-state index contributed by atoms with van der Waals surface area (Å²) in [6.45, 7) is 4.28. The lowest BCUT2D eigenvalue weighted by atomic mass is 9.96. The molecule has 0 aromatic rings. The van der Waals surface area contributed by atoms with Gasteiger partial charge in [-0.25, -0.2) is 0 Å². The Labute approximate surface area is 102 Å². The lowest BCUT2D eigenvalue weighted by Gasteiger charge is -2.15. The molecule has 90 valence electrons. The first kappa shape index (κ1) is 14.9. The second-order valence-electron chi connectivity index (χ2n) is 3.97. The van der Waals surface area contributed by atoms with Gasteiger partial charge in [-0.2, -0.15) is 0 Å². The van der Waals surface area contributed by atoms with Crippen LogP contribution >= 0.6 is 15.9 Å². The maximum Gasteiger partial charge on any atom is 0.308 e. The summed E-state index contributed by atoms with van der Waals surface area (Å²) in [6.07, 6.45) is 6.36. The quantitative estimate of drug-likeness (QED) is 0.497. The third-order valence-electron chi connectivity index (χ3n) is 2.60. The van der Waals surface area contributed by atoms with Crippen molar-refractivity contribution < 1.29 is 9.53 Å². The largest absolute Gasteiger partial charge is 0.469 e. The number of esters is 1. The molecule has 15 heavy (non-hydrogen) atoms. The molecule has 2 atom stereocenters. The van der Waals surface area contributed by atoms with Gasteiger partial charge in [0, 0.05) is 4.83 Å². The predicted molar refractivity (Wildman–Crippen MR) is 67.3 cm³/mol. The molecule has 0 spiro atoms. The van der Waals surface area contributed by atoms with Crippen LogP contribution in [0.3, 0.4) is 0 Å². The number of rotatable bonds is 8. The Balaban J connectivity index is 3.89. The summed E-state index contributed by atoms with van der Waals surface area (Å²) in [5, 5.41) is 0. The fourth-order valence-electron chi connectivity index (χ4n) is 1.73. The maximum absolute atomic E-state index is 11.4. The van der Waals surface area contributed by atoms with Gasteiger partial charge in [0.2, 0.25) is 0 Å². The lowest BCUT2D eigenvalue weighted by Crippen LogP contribution is -2.17. The summed E-state index contributed by atoms with van der Waals surface area (Å²) >= 11 is 3.64. The standard InChI is InChI=1S/C12H23BrO2/c1-4-6-10(12(14)15-3)8-9-11(13)7-5-2/h10-11H,4-9H2,1-3H3. The summed E-state index contributed by atoms with van der Waals surface area (Å²) in [5.74, 6) is 0.0463. The highest BCUT2D eigenvalue weighted by atomic mass is 79.9. The van der Waals surface area contributed by atoms with Crippen molar-refractivity contribution in [1.82, 2.24) is 0 Å². The zero-order valence-corrected chi connectivity index (χ0v) is 11.7. The molecule has 0 N–H and O–H groups in total. The number of carbonyl (C=O) groups is 1. The zero-order chi connectivity index (χ0) is 11.7. The van der Waals surface area contributed by atoms with Gasteiger partial charge in [-0.15, -0.1) is 0 Å². The van der Waals surface area contributed by atoms with E-state index in [0.29, 0.717) is 4.83 Å². The first-order valence-electron chi connectivity index (χ1n) is 5.87. The molecule has 0 aromatic heterocycles. The van der Waals surface area contributed by atoms with Crippen LogP contribution in [0.2, 0.25) is 0 Å². The summed E-state index contributed by atoms with van der Waals surface area (Å²) < 4.78 is 4.80. The topological polar surface area (TPSA) is 26.3 Å². The minimum absolute atomic E-state index is 0.0481. The van der Waals surface area contributed by atoms with Crippen molar-refractivity contribution in [2.75, 3.05) is 7.11 Å². The molecule has 2 unspecified atom stereocenters. The fourth-order valence-corrected chi connectivity index (χ4v) is 2.46. The summed E-state index contributed by atoms with van der Waals surface area (Å²) in [7, 11) is 1.47. The third-order valence-corrected chi connectivity index (χ3v) is 3.52. The van der Waals surface area contributed by atoms with Crippen molar-refractivity contribution in [3.8, 4) is 0 Å². The smallest absolute Gasteiger partial charge is 0.308 e. The fraction of sp³-hybridized carbons (Fsp3) is 0.917. The average Bonchev–Trinajstić information content (AvgIpc) is 2.23. The highest BCUT2D eigenvalue weighted by Gasteiger charge is 2.18. The molecule has 0 rings (SSSR count). The van der Waals surface area contributed by atoms with E-state index >= 15 is 0 Å². The number of carbonyl (C=O) groups excluding carboxylic acids is 1. The Kier molecular flexibility index (Phi) is 9.17. The molecule has 0 amide bonds. The van der Waals surface area contributed by atoms with Crippen LogP contribution in [0.15, 0.2) is 0 Å². The minimum atomic E-state index is -0.0481. The number of ether oxygens (including phenoxy) is 1. The van der Waals surface area contributed by atoms with Crippen molar-refractivity contribution in [3.05, 3.63) is 0 Å². The van der Waals surface area contributed by atoms with Crippen LogP contribution in [0.5, 0.6) is 0 Å². The molecule has 2 nitrogen and oxygen atoms in total. The van der Waals surface area contributed by atoms with Gasteiger partial charge in [0.1, 0.15) is 0 Å². The van der Waals surface area contributed by atoms with Crippen LogP contribution in [-0.2, 0) is 9.53 Å². The highest BCUT2D eigenvalue weighted by Crippen LogP contribution is 2.21. The molecule has 0 aliphatic rings. The van der Waals surface area contributed by atoms with Crippen LogP contribution < -0.4 is 0 Å². The lowest BCUT2D eigenvalue weighted by molar-refractivity contribution is -0.146. The first-order valence-corrected chi connectivity index (χ1v) is 6.79. The van der Waals surface area contributed by atoms with Gasteiger partial charge < -0.3 is 4.74 Å². The number of alkyl halides is 1. The van der Waals surface area contributed by atoms with E-state index in [-0.39, 0.29) is 11.9 Å². The molecule has 0 heterocycles. The molecule has 0 saturated carbocycles. The van der Waals surface area contributed by atoms with Crippen LogP contribution in [-0.4, -0.2) is 17.9 Å². The Morgan fingerprint density at radius 2 is 1.73 bits per heavy atom. The van der Waals surface area contributed by atoms with E-state index < -0.39 is 0 Å². The summed E-state index contributed by atoms with van der Waals surface area (Å²) in [4.78, 5) is 12.0. The van der Waals surface area contributed by atoms with Crippen LogP contribution in [0.4, 0.5) is 0 Å². The summed E-state index contributed by atoms with van der Waals surface area (Å²) in [6, 6.07) is 0. The van der Waals surface area contributed by atoms with Crippen molar-refractivity contribution in [2.45, 2.75) is 57.2 Å². The monoisotopic (exact) mass is 278 g/mol. The van der Waals surface area contributed by atoms with Gasteiger partial charge in [-0.1, -0.05) is 42.6 Å². The van der Waals surface area contributed by atoms with Gasteiger partial charge in [-0.3, -0.25) is 4.79 Å². The Morgan fingerprint density at radius 1 is 1.13 bits per heavy atom. The van der Waals surface area contributed by atoms with E-state index in [1.165, 1.54) is 20.0 Å². The second-order valence-corrected chi connectivity index (χ2v) is 5.27. The van der Waals surface area contributed by atoms with Gasteiger partial charge in [0.05, 0.1) is 13.0 Å². The molecule has 0 bridgehead atoms. The predicted octanol–water partition coefficient (Wildman–Crippen LogP) is 3.92. The van der Waals surface area contributed by atoms with E-state index in [2.05, 4.69) is 29.8 Å². The maximum atomic E-state index is 11.4. The zero-order valence-electron chi connectivity index (χ0n) is 10.1. The van der Waals surface area contributed by atoms with Crippen LogP contribution in [0, 0.1) is 5.92 Å². The molecule has 0 radical (unpaired) electrons. The molecule has 0 fully saturated rings. The average molecular weight is 279 g/mol. The van der Waals surface area contributed by atoms with E-state index in [9.17, 15) is 4.79 Å². The molecule has 0 aliphatic heterocycles. The van der Waals surface area contributed by atoms with Crippen molar-refractivity contribution in [1.29, 1.82) is 0 Å².